The van der Waals surface area contributed by atoms with E-state index in [-0.39, 0.29) is 18.0 Å². The molecule has 1 aromatic heterocycles. The topological polar surface area (TPSA) is 64.2 Å². The van der Waals surface area contributed by atoms with Gasteiger partial charge < -0.3 is 15.2 Å². The summed E-state index contributed by atoms with van der Waals surface area (Å²) in [5.74, 6) is 0.592. The zero-order chi connectivity index (χ0) is 14.2. The Balaban J connectivity index is 2.34. The molecule has 1 aliphatic heterocycles. The number of nitrogens with two attached hydrogens (primary N) is 1. The first kappa shape index (κ1) is 14.1. The van der Waals surface area contributed by atoms with Crippen molar-refractivity contribution in [3.8, 4) is 0 Å². The number of hydrogen-bond donors (Lipinski definition) is 1. The summed E-state index contributed by atoms with van der Waals surface area (Å²) in [6.07, 6.45) is 4.10. The zero-order valence-electron chi connectivity index (χ0n) is 12.2. The van der Waals surface area contributed by atoms with Gasteiger partial charge >= 0.3 is 0 Å². The molecular weight excluding hydrogens is 240 g/mol. The third kappa shape index (κ3) is 2.66. The Labute approximate surface area is 114 Å². The third-order valence-corrected chi connectivity index (χ3v) is 3.59. The lowest BCUT2D eigenvalue weighted by Crippen LogP contribution is -2.36. The maximum Gasteiger partial charge on any atom is 0.224 e. The third-order valence-electron chi connectivity index (χ3n) is 3.59. The van der Waals surface area contributed by atoms with E-state index >= 15 is 0 Å². The average Bonchev–Trinajstić information content (AvgIpc) is 2.84. The largest absolute Gasteiger partial charge is 0.332 e. The first-order valence-corrected chi connectivity index (χ1v) is 6.98. The molecule has 1 aliphatic rings. The Bertz CT molecular complexity index is 452. The van der Waals surface area contributed by atoms with Gasteiger partial charge in [-0.05, 0) is 19.8 Å². The summed E-state index contributed by atoms with van der Waals surface area (Å²) < 4.78 is 2.11. The minimum Gasteiger partial charge on any atom is -0.332 e. The van der Waals surface area contributed by atoms with Crippen LogP contribution >= 0.6 is 0 Å². The monoisotopic (exact) mass is 264 g/mol. The highest BCUT2D eigenvalue weighted by atomic mass is 16.2. The van der Waals surface area contributed by atoms with Crippen LogP contribution in [0.15, 0.2) is 12.5 Å². The highest BCUT2D eigenvalue weighted by Gasteiger charge is 2.40. The minimum atomic E-state index is -0.138. The summed E-state index contributed by atoms with van der Waals surface area (Å²) >= 11 is 0. The standard InChI is InChI=1S/C14H24N4O/c1-9(2)7-17-13(19)5-11(15)14(17)12-6-16-8-18(12)10(3)4/h6,8-11,14H,5,7,15H2,1-4H3. The molecule has 1 aromatic rings. The Hall–Kier alpha value is -1.36. The maximum absolute atomic E-state index is 12.1. The fourth-order valence-electron chi connectivity index (χ4n) is 2.78. The Morgan fingerprint density at radius 3 is 2.68 bits per heavy atom. The summed E-state index contributed by atoms with van der Waals surface area (Å²) in [7, 11) is 0. The quantitative estimate of drug-likeness (QED) is 0.900. The van der Waals surface area contributed by atoms with Crippen molar-refractivity contribution in [1.29, 1.82) is 0 Å². The molecule has 1 amide bonds. The van der Waals surface area contributed by atoms with E-state index < -0.39 is 0 Å². The van der Waals surface area contributed by atoms with Gasteiger partial charge in [-0.1, -0.05) is 13.8 Å². The summed E-state index contributed by atoms with van der Waals surface area (Å²) in [4.78, 5) is 18.3. The number of hydrogen-bond acceptors (Lipinski definition) is 3. The van der Waals surface area contributed by atoms with Crippen molar-refractivity contribution >= 4 is 5.91 Å². The molecule has 1 saturated heterocycles. The van der Waals surface area contributed by atoms with E-state index in [1.54, 1.807) is 0 Å². The smallest absolute Gasteiger partial charge is 0.224 e. The molecule has 2 atom stereocenters. The van der Waals surface area contributed by atoms with Crippen LogP contribution in [0.2, 0.25) is 0 Å². The molecule has 2 rings (SSSR count). The number of likely N-dealkylation sites (tertiary alicyclic amines) is 1. The van der Waals surface area contributed by atoms with Crippen molar-refractivity contribution in [3.05, 3.63) is 18.2 Å². The van der Waals surface area contributed by atoms with Gasteiger partial charge in [-0.25, -0.2) is 4.98 Å². The Morgan fingerprint density at radius 2 is 2.11 bits per heavy atom. The van der Waals surface area contributed by atoms with Crippen molar-refractivity contribution in [3.63, 3.8) is 0 Å². The summed E-state index contributed by atoms with van der Waals surface area (Å²) in [6, 6.07) is 0.140. The SMILES string of the molecule is CC(C)CN1C(=O)CC(N)C1c1cncn1C(C)C. The van der Waals surface area contributed by atoms with Crippen LogP contribution in [0.3, 0.4) is 0 Å². The van der Waals surface area contributed by atoms with Gasteiger partial charge in [0, 0.05) is 25.0 Å². The minimum absolute atomic E-state index is 0.0419. The van der Waals surface area contributed by atoms with Crippen molar-refractivity contribution in [2.24, 2.45) is 11.7 Å². The highest BCUT2D eigenvalue weighted by Crippen LogP contribution is 2.33. The number of amides is 1. The van der Waals surface area contributed by atoms with Gasteiger partial charge in [0.1, 0.15) is 0 Å². The molecule has 0 radical (unpaired) electrons. The number of rotatable bonds is 4. The predicted octanol–water partition coefficient (Wildman–Crippen LogP) is 1.72. The average molecular weight is 264 g/mol. The second-order valence-corrected chi connectivity index (χ2v) is 6.07. The summed E-state index contributed by atoms with van der Waals surface area (Å²) in [5, 5.41) is 0. The van der Waals surface area contributed by atoms with Gasteiger partial charge in [-0.3, -0.25) is 4.79 Å². The Morgan fingerprint density at radius 1 is 1.42 bits per heavy atom. The van der Waals surface area contributed by atoms with E-state index in [0.717, 1.165) is 12.2 Å². The summed E-state index contributed by atoms with van der Waals surface area (Å²) in [5.41, 5.74) is 7.24. The highest BCUT2D eigenvalue weighted by molar-refractivity contribution is 5.80. The van der Waals surface area contributed by atoms with E-state index in [1.165, 1.54) is 0 Å². The molecule has 5 nitrogen and oxygen atoms in total. The molecule has 0 spiro atoms. The van der Waals surface area contributed by atoms with E-state index in [2.05, 4.69) is 37.2 Å². The first-order chi connectivity index (χ1) is 8.91. The lowest BCUT2D eigenvalue weighted by atomic mass is 10.1. The lowest BCUT2D eigenvalue weighted by molar-refractivity contribution is -0.129. The molecule has 0 saturated carbocycles. The van der Waals surface area contributed by atoms with Crippen LogP contribution in [-0.2, 0) is 4.79 Å². The fourth-order valence-corrected chi connectivity index (χ4v) is 2.78. The van der Waals surface area contributed by atoms with E-state index in [1.807, 2.05) is 17.4 Å². The molecule has 106 valence electrons. The number of aromatic nitrogens is 2. The molecule has 0 bridgehead atoms. The lowest BCUT2D eigenvalue weighted by Gasteiger charge is -2.29. The zero-order valence-corrected chi connectivity index (χ0v) is 12.2. The molecule has 5 heteroatoms. The van der Waals surface area contributed by atoms with E-state index in [4.69, 9.17) is 5.73 Å². The van der Waals surface area contributed by atoms with E-state index in [9.17, 15) is 4.79 Å². The van der Waals surface area contributed by atoms with Gasteiger partial charge in [0.25, 0.3) is 0 Å². The van der Waals surface area contributed by atoms with Gasteiger partial charge in [0.15, 0.2) is 0 Å². The second kappa shape index (κ2) is 5.33. The van der Waals surface area contributed by atoms with Crippen LogP contribution in [0.4, 0.5) is 0 Å². The second-order valence-electron chi connectivity index (χ2n) is 6.07. The molecule has 2 unspecified atom stereocenters. The molecule has 0 aromatic carbocycles. The number of carbonyl (C=O) groups excluding carboxylic acids is 1. The van der Waals surface area contributed by atoms with Gasteiger partial charge in [0.05, 0.1) is 24.3 Å². The molecule has 1 fully saturated rings. The maximum atomic E-state index is 12.1. The molecule has 2 N–H and O–H groups in total. The number of imidazole rings is 1. The van der Waals surface area contributed by atoms with Crippen LogP contribution in [0.25, 0.3) is 0 Å². The van der Waals surface area contributed by atoms with Crippen LogP contribution in [0.5, 0.6) is 0 Å². The van der Waals surface area contributed by atoms with Crippen LogP contribution in [-0.4, -0.2) is 32.9 Å². The normalized spacial score (nSPS) is 23.9. The van der Waals surface area contributed by atoms with Crippen LogP contribution in [0.1, 0.15) is 51.9 Å². The van der Waals surface area contributed by atoms with Gasteiger partial charge in [0.2, 0.25) is 5.91 Å². The predicted molar refractivity (Wildman–Crippen MR) is 74.5 cm³/mol. The van der Waals surface area contributed by atoms with Crippen LogP contribution < -0.4 is 5.73 Å². The molecule has 19 heavy (non-hydrogen) atoms. The fraction of sp³-hybridized carbons (Fsp3) is 0.714. The van der Waals surface area contributed by atoms with Crippen molar-refractivity contribution in [2.45, 2.75) is 52.2 Å². The van der Waals surface area contributed by atoms with Crippen molar-refractivity contribution < 1.29 is 4.79 Å². The van der Waals surface area contributed by atoms with Gasteiger partial charge in [-0.2, -0.15) is 0 Å². The van der Waals surface area contributed by atoms with E-state index in [0.29, 0.717) is 18.4 Å². The molecule has 2 heterocycles. The Kier molecular flexibility index (Phi) is 3.94. The summed E-state index contributed by atoms with van der Waals surface area (Å²) in [6.45, 7) is 9.21. The number of nitrogens with zero attached hydrogens (tertiary/aromatic N) is 3. The molecular formula is C14H24N4O. The van der Waals surface area contributed by atoms with Crippen molar-refractivity contribution in [2.75, 3.05) is 6.54 Å². The van der Waals surface area contributed by atoms with Crippen LogP contribution in [0, 0.1) is 5.92 Å². The molecule has 0 aliphatic carbocycles. The number of carbonyl (C=O) groups is 1. The van der Waals surface area contributed by atoms with Crippen molar-refractivity contribution in [1.82, 2.24) is 14.5 Å². The van der Waals surface area contributed by atoms with Gasteiger partial charge in [-0.15, -0.1) is 0 Å². The first-order valence-electron chi connectivity index (χ1n) is 6.98.